The Hall–Kier alpha value is -3.34. The van der Waals surface area contributed by atoms with Gasteiger partial charge in [0.05, 0.1) is 30.2 Å². The quantitative estimate of drug-likeness (QED) is 0.620. The van der Waals surface area contributed by atoms with Crippen molar-refractivity contribution < 1.29 is 31.5 Å². The first kappa shape index (κ1) is 20.9. The second-order valence-electron chi connectivity index (χ2n) is 7.04. The number of H-pyrrole nitrogens is 1. The Kier molecular flexibility index (Phi) is 5.00. The first-order valence-electron chi connectivity index (χ1n) is 9.00. The van der Waals surface area contributed by atoms with E-state index in [1.54, 1.807) is 0 Å². The number of likely N-dealkylation sites (N-methyl/N-ethyl adjacent to an activating group) is 1. The van der Waals surface area contributed by atoms with Crippen LogP contribution in [0.3, 0.4) is 0 Å². The molecule has 4 rings (SSSR count). The molecule has 3 heterocycles. The number of aromatic amines is 1. The molecule has 162 valence electrons. The lowest BCUT2D eigenvalue weighted by atomic mass is 9.95. The average Bonchev–Trinajstić information content (AvgIpc) is 2.71. The number of pyridine rings is 2. The molecule has 3 aromatic rings. The van der Waals surface area contributed by atoms with Crippen LogP contribution in [0.15, 0.2) is 35.3 Å². The second-order valence-corrected chi connectivity index (χ2v) is 7.04. The number of aromatic nitrogens is 2. The molecule has 6 nitrogen and oxygen atoms in total. The van der Waals surface area contributed by atoms with Crippen LogP contribution in [0.2, 0.25) is 0 Å². The van der Waals surface area contributed by atoms with Gasteiger partial charge in [0.25, 0.3) is 11.5 Å². The maximum atomic E-state index is 13.9. The minimum Gasteiger partial charge on any atom is -0.373 e. The minimum atomic E-state index is -4.99. The highest BCUT2D eigenvalue weighted by Gasteiger charge is 2.37. The standard InChI is InChI=1S/C20H14F5N3O3/c1-28(19(30)9-4-13(22)17(26-6-9)20(23,24)25)15-8-31-7-14-16(15)11-3-2-10(21)5-12(11)18(29)27-14/h2-6,15H,7-8H2,1H3,(H,27,29)/t15-/m1/s1. The molecule has 0 bridgehead atoms. The Morgan fingerprint density at radius 1 is 1.23 bits per heavy atom. The summed E-state index contributed by atoms with van der Waals surface area (Å²) in [4.78, 5) is 32.0. The van der Waals surface area contributed by atoms with Crippen molar-refractivity contribution in [3.05, 3.63) is 75.0 Å². The molecule has 0 spiro atoms. The summed E-state index contributed by atoms with van der Waals surface area (Å²) in [6, 6.07) is 3.35. The highest BCUT2D eigenvalue weighted by Crippen LogP contribution is 2.34. The molecule has 0 saturated carbocycles. The van der Waals surface area contributed by atoms with Gasteiger partial charge in [0.1, 0.15) is 5.82 Å². The number of carbonyl (C=O) groups excluding carboxylic acids is 1. The molecule has 2 aromatic heterocycles. The first-order valence-corrected chi connectivity index (χ1v) is 9.00. The lowest BCUT2D eigenvalue weighted by molar-refractivity contribution is -0.143. The highest BCUT2D eigenvalue weighted by molar-refractivity contribution is 5.95. The smallest absolute Gasteiger partial charge is 0.373 e. The number of fused-ring (bicyclic) bond motifs is 3. The van der Waals surface area contributed by atoms with E-state index in [1.807, 2.05) is 0 Å². The van der Waals surface area contributed by atoms with E-state index in [-0.39, 0.29) is 24.2 Å². The van der Waals surface area contributed by atoms with Gasteiger partial charge in [0, 0.05) is 24.5 Å². The van der Waals surface area contributed by atoms with E-state index in [4.69, 9.17) is 4.74 Å². The molecule has 0 fully saturated rings. The molecule has 0 radical (unpaired) electrons. The molecule has 1 amide bonds. The van der Waals surface area contributed by atoms with Crippen LogP contribution < -0.4 is 5.56 Å². The second kappa shape index (κ2) is 7.41. The summed E-state index contributed by atoms with van der Waals surface area (Å²) in [5, 5.41) is 0.485. The monoisotopic (exact) mass is 439 g/mol. The van der Waals surface area contributed by atoms with Crippen LogP contribution in [0.4, 0.5) is 22.0 Å². The third kappa shape index (κ3) is 3.65. The highest BCUT2D eigenvalue weighted by atomic mass is 19.4. The molecule has 1 aromatic carbocycles. The zero-order valence-corrected chi connectivity index (χ0v) is 15.9. The molecule has 31 heavy (non-hydrogen) atoms. The lowest BCUT2D eigenvalue weighted by Crippen LogP contribution is -2.37. The zero-order valence-electron chi connectivity index (χ0n) is 15.9. The van der Waals surface area contributed by atoms with E-state index in [1.165, 1.54) is 19.2 Å². The van der Waals surface area contributed by atoms with E-state index in [9.17, 15) is 31.5 Å². The van der Waals surface area contributed by atoms with Gasteiger partial charge in [-0.3, -0.25) is 9.59 Å². The minimum absolute atomic E-state index is 0.00427. The first-order chi connectivity index (χ1) is 14.6. The van der Waals surface area contributed by atoms with Crippen molar-refractivity contribution in [3.8, 4) is 0 Å². The molecule has 1 aliphatic rings. The van der Waals surface area contributed by atoms with E-state index >= 15 is 0 Å². The Balaban J connectivity index is 1.76. The maximum Gasteiger partial charge on any atom is 0.436 e. The van der Waals surface area contributed by atoms with Gasteiger partial charge < -0.3 is 14.6 Å². The summed E-state index contributed by atoms with van der Waals surface area (Å²) in [7, 11) is 1.36. The Morgan fingerprint density at radius 3 is 2.65 bits per heavy atom. The third-order valence-electron chi connectivity index (χ3n) is 5.11. The van der Waals surface area contributed by atoms with Crippen molar-refractivity contribution in [1.82, 2.24) is 14.9 Å². The number of nitrogens with zero attached hydrogens (tertiary/aromatic N) is 2. The van der Waals surface area contributed by atoms with Crippen LogP contribution in [-0.2, 0) is 17.5 Å². The van der Waals surface area contributed by atoms with Crippen molar-refractivity contribution in [1.29, 1.82) is 0 Å². The fraction of sp³-hybridized carbons (Fsp3) is 0.250. The van der Waals surface area contributed by atoms with Crippen LogP contribution in [0.25, 0.3) is 10.8 Å². The fourth-order valence-electron chi connectivity index (χ4n) is 3.64. The Morgan fingerprint density at radius 2 is 1.97 bits per heavy atom. The van der Waals surface area contributed by atoms with Gasteiger partial charge in [-0.05, 0) is 23.6 Å². The number of alkyl halides is 3. The summed E-state index contributed by atoms with van der Waals surface area (Å²) >= 11 is 0. The number of hydrogen-bond acceptors (Lipinski definition) is 4. The molecule has 1 N–H and O–H groups in total. The predicted molar refractivity (Wildman–Crippen MR) is 98.2 cm³/mol. The maximum absolute atomic E-state index is 13.9. The van der Waals surface area contributed by atoms with Crippen LogP contribution in [0, 0.1) is 11.6 Å². The van der Waals surface area contributed by atoms with Crippen LogP contribution in [-0.4, -0.2) is 34.4 Å². The largest absolute Gasteiger partial charge is 0.436 e. The molecular weight excluding hydrogens is 425 g/mol. The Bertz CT molecular complexity index is 1260. The lowest BCUT2D eigenvalue weighted by Gasteiger charge is -2.33. The van der Waals surface area contributed by atoms with Crippen molar-refractivity contribution in [2.24, 2.45) is 0 Å². The predicted octanol–water partition coefficient (Wildman–Crippen LogP) is 3.56. The van der Waals surface area contributed by atoms with Crippen molar-refractivity contribution in [2.75, 3.05) is 13.7 Å². The molecule has 11 heteroatoms. The van der Waals surface area contributed by atoms with Crippen molar-refractivity contribution in [2.45, 2.75) is 18.8 Å². The number of nitrogens with one attached hydrogen (secondary N) is 1. The average molecular weight is 439 g/mol. The summed E-state index contributed by atoms with van der Waals surface area (Å²) in [5.41, 5.74) is -1.74. The van der Waals surface area contributed by atoms with Gasteiger partial charge in [-0.2, -0.15) is 13.2 Å². The van der Waals surface area contributed by atoms with Gasteiger partial charge in [-0.1, -0.05) is 6.07 Å². The Labute approximate surface area is 171 Å². The van der Waals surface area contributed by atoms with E-state index in [2.05, 4.69) is 9.97 Å². The fourth-order valence-corrected chi connectivity index (χ4v) is 3.64. The van der Waals surface area contributed by atoms with Crippen molar-refractivity contribution in [3.63, 3.8) is 0 Å². The van der Waals surface area contributed by atoms with E-state index in [0.29, 0.717) is 28.9 Å². The number of benzene rings is 1. The molecule has 1 atom stereocenters. The molecule has 0 unspecified atom stereocenters. The number of amides is 1. The topological polar surface area (TPSA) is 75.3 Å². The zero-order chi connectivity index (χ0) is 22.5. The number of ether oxygens (including phenoxy) is 1. The molecule has 1 aliphatic heterocycles. The van der Waals surface area contributed by atoms with E-state index < -0.39 is 41.0 Å². The van der Waals surface area contributed by atoms with Gasteiger partial charge in [-0.25, -0.2) is 13.8 Å². The summed E-state index contributed by atoms with van der Waals surface area (Å²) in [5.74, 6) is -3.09. The summed E-state index contributed by atoms with van der Waals surface area (Å²) < 4.78 is 71.2. The van der Waals surface area contributed by atoms with Gasteiger partial charge in [0.15, 0.2) is 11.5 Å². The summed E-state index contributed by atoms with van der Waals surface area (Å²) in [6.07, 6.45) is -4.34. The molecular formula is C20H14F5N3O3. The van der Waals surface area contributed by atoms with Gasteiger partial charge in [-0.15, -0.1) is 0 Å². The molecule has 0 aliphatic carbocycles. The van der Waals surface area contributed by atoms with Gasteiger partial charge in [0.2, 0.25) is 0 Å². The number of hydrogen-bond donors (Lipinski definition) is 1. The van der Waals surface area contributed by atoms with Crippen LogP contribution in [0.1, 0.15) is 33.4 Å². The van der Waals surface area contributed by atoms with E-state index in [0.717, 1.165) is 11.0 Å². The van der Waals surface area contributed by atoms with Crippen molar-refractivity contribution >= 4 is 16.7 Å². The summed E-state index contributed by atoms with van der Waals surface area (Å²) in [6.45, 7) is 0.0528. The number of carbonyl (C=O) groups is 1. The normalized spacial score (nSPS) is 16.3. The number of halogens is 5. The van der Waals surface area contributed by atoms with Crippen LogP contribution >= 0.6 is 0 Å². The van der Waals surface area contributed by atoms with Gasteiger partial charge >= 0.3 is 6.18 Å². The van der Waals surface area contributed by atoms with Crippen LogP contribution in [0.5, 0.6) is 0 Å². The molecule has 0 saturated heterocycles. The SMILES string of the molecule is CN(C(=O)c1cnc(C(F)(F)F)c(F)c1)[C@@H]1COCc2[nH]c(=O)c3cc(F)ccc3c21. The number of rotatable bonds is 2. The third-order valence-corrected chi connectivity index (χ3v) is 5.11.